The molecule has 0 bridgehead atoms. The van der Waals surface area contributed by atoms with E-state index in [-0.39, 0.29) is 11.9 Å². The normalized spacial score (nSPS) is 13.0. The summed E-state index contributed by atoms with van der Waals surface area (Å²) in [6, 6.07) is 7.51. The third kappa shape index (κ3) is 3.24. The predicted octanol–water partition coefficient (Wildman–Crippen LogP) is 1.42. The number of carbonyl (C=O) groups excluding carboxylic acids is 1. The first-order valence-corrected chi connectivity index (χ1v) is 7.92. The Morgan fingerprint density at radius 1 is 1.25 bits per heavy atom. The van der Waals surface area contributed by atoms with E-state index in [1.165, 1.54) is 12.7 Å². The smallest absolute Gasteiger partial charge is 0.337 e. The number of anilines is 3. The molecule has 0 aliphatic carbocycles. The number of ether oxygens (including phenoxy) is 1. The minimum atomic E-state index is -0.315. The van der Waals surface area contributed by atoms with Gasteiger partial charge in [0.15, 0.2) is 5.82 Å². The Bertz CT molecular complexity index is 745. The summed E-state index contributed by atoms with van der Waals surface area (Å²) in [6.07, 6.45) is 2.74. The van der Waals surface area contributed by atoms with Crippen LogP contribution in [0.1, 0.15) is 28.0 Å². The standard InChI is InChI=1S/C17H21N5O2/c1-24-16(23)12-6-4-11(5-7-12)3-2-9-22-10-8-13-14(22)15(18)21-17(19)20-13/h4-7H,2-3,8-10H2,1H3,(H4,18,19,20,21). The van der Waals surface area contributed by atoms with E-state index in [0.717, 1.165) is 43.7 Å². The second-order valence-corrected chi connectivity index (χ2v) is 5.79. The highest BCUT2D eigenvalue weighted by Gasteiger charge is 2.24. The highest BCUT2D eigenvalue weighted by Crippen LogP contribution is 2.31. The monoisotopic (exact) mass is 327 g/mol. The fourth-order valence-electron chi connectivity index (χ4n) is 3.03. The summed E-state index contributed by atoms with van der Waals surface area (Å²) < 4.78 is 4.70. The van der Waals surface area contributed by atoms with E-state index in [0.29, 0.717) is 11.4 Å². The molecule has 0 fully saturated rings. The average molecular weight is 327 g/mol. The van der Waals surface area contributed by atoms with Crippen LogP contribution in [0.25, 0.3) is 0 Å². The number of rotatable bonds is 5. The topological polar surface area (TPSA) is 107 Å². The molecule has 24 heavy (non-hydrogen) atoms. The maximum atomic E-state index is 11.4. The molecule has 0 saturated heterocycles. The van der Waals surface area contributed by atoms with Crippen molar-refractivity contribution in [1.29, 1.82) is 0 Å². The molecule has 4 N–H and O–H groups in total. The van der Waals surface area contributed by atoms with Crippen LogP contribution in [-0.2, 0) is 17.6 Å². The van der Waals surface area contributed by atoms with Crippen LogP contribution in [-0.4, -0.2) is 36.1 Å². The molecule has 126 valence electrons. The zero-order valence-corrected chi connectivity index (χ0v) is 13.7. The van der Waals surface area contributed by atoms with Gasteiger partial charge in [0, 0.05) is 19.5 Å². The van der Waals surface area contributed by atoms with Gasteiger partial charge in [-0.25, -0.2) is 9.78 Å². The number of benzene rings is 1. The van der Waals surface area contributed by atoms with Crippen LogP contribution < -0.4 is 16.4 Å². The molecule has 7 heteroatoms. The lowest BCUT2D eigenvalue weighted by atomic mass is 10.1. The van der Waals surface area contributed by atoms with Crippen LogP contribution in [0.4, 0.5) is 17.5 Å². The van der Waals surface area contributed by atoms with E-state index in [1.54, 1.807) is 12.1 Å². The van der Waals surface area contributed by atoms with Gasteiger partial charge < -0.3 is 21.1 Å². The lowest BCUT2D eigenvalue weighted by molar-refractivity contribution is 0.0600. The lowest BCUT2D eigenvalue weighted by Gasteiger charge is -2.20. The number of hydrogen-bond donors (Lipinski definition) is 2. The first-order valence-electron chi connectivity index (χ1n) is 7.92. The third-order valence-electron chi connectivity index (χ3n) is 4.20. The van der Waals surface area contributed by atoms with Crippen LogP contribution in [0.15, 0.2) is 24.3 Å². The Morgan fingerprint density at radius 3 is 2.71 bits per heavy atom. The Labute approximate surface area is 140 Å². The van der Waals surface area contributed by atoms with Crippen LogP contribution >= 0.6 is 0 Å². The molecule has 0 atom stereocenters. The highest BCUT2D eigenvalue weighted by atomic mass is 16.5. The Morgan fingerprint density at radius 2 is 2.00 bits per heavy atom. The first kappa shape index (κ1) is 16.0. The van der Waals surface area contributed by atoms with Crippen molar-refractivity contribution in [3.8, 4) is 0 Å². The van der Waals surface area contributed by atoms with Gasteiger partial charge in [0.05, 0.1) is 18.4 Å². The summed E-state index contributed by atoms with van der Waals surface area (Å²) in [5.74, 6) is 0.376. The van der Waals surface area contributed by atoms with E-state index in [9.17, 15) is 4.79 Å². The van der Waals surface area contributed by atoms with Crippen molar-refractivity contribution in [3.05, 3.63) is 41.1 Å². The van der Waals surface area contributed by atoms with Gasteiger partial charge in [0.1, 0.15) is 5.69 Å². The molecule has 1 aliphatic rings. The van der Waals surface area contributed by atoms with Gasteiger partial charge in [0.2, 0.25) is 5.95 Å². The average Bonchev–Trinajstić information content (AvgIpc) is 2.98. The van der Waals surface area contributed by atoms with Crippen molar-refractivity contribution in [1.82, 2.24) is 9.97 Å². The molecule has 7 nitrogen and oxygen atoms in total. The molecule has 2 heterocycles. The van der Waals surface area contributed by atoms with E-state index in [2.05, 4.69) is 14.9 Å². The minimum absolute atomic E-state index is 0.235. The quantitative estimate of drug-likeness (QED) is 0.800. The van der Waals surface area contributed by atoms with Crippen molar-refractivity contribution in [2.24, 2.45) is 0 Å². The van der Waals surface area contributed by atoms with E-state index < -0.39 is 0 Å². The number of fused-ring (bicyclic) bond motifs is 1. The number of hydrogen-bond acceptors (Lipinski definition) is 7. The van der Waals surface area contributed by atoms with Gasteiger partial charge in [-0.2, -0.15) is 4.98 Å². The maximum absolute atomic E-state index is 11.4. The Hall–Kier alpha value is -2.83. The van der Waals surface area contributed by atoms with E-state index >= 15 is 0 Å². The minimum Gasteiger partial charge on any atom is -0.465 e. The fourth-order valence-corrected chi connectivity index (χ4v) is 3.03. The molecule has 0 radical (unpaired) electrons. The molecule has 0 amide bonds. The van der Waals surface area contributed by atoms with Gasteiger partial charge in [0.25, 0.3) is 0 Å². The third-order valence-corrected chi connectivity index (χ3v) is 4.20. The van der Waals surface area contributed by atoms with E-state index in [1.807, 2.05) is 12.1 Å². The van der Waals surface area contributed by atoms with Crippen LogP contribution in [0, 0.1) is 0 Å². The van der Waals surface area contributed by atoms with Crippen LogP contribution in [0.5, 0.6) is 0 Å². The molecular formula is C17H21N5O2. The molecule has 3 rings (SSSR count). The van der Waals surface area contributed by atoms with Crippen molar-refractivity contribution >= 4 is 23.4 Å². The largest absolute Gasteiger partial charge is 0.465 e. The van der Waals surface area contributed by atoms with Crippen molar-refractivity contribution < 1.29 is 9.53 Å². The zero-order chi connectivity index (χ0) is 17.1. The Kier molecular flexibility index (Phi) is 4.50. The van der Waals surface area contributed by atoms with E-state index in [4.69, 9.17) is 16.2 Å². The Balaban J connectivity index is 1.58. The summed E-state index contributed by atoms with van der Waals surface area (Å²) in [7, 11) is 1.38. The second kappa shape index (κ2) is 6.74. The molecule has 0 unspecified atom stereocenters. The summed E-state index contributed by atoms with van der Waals surface area (Å²) >= 11 is 0. The summed E-state index contributed by atoms with van der Waals surface area (Å²) in [5, 5.41) is 0. The van der Waals surface area contributed by atoms with Gasteiger partial charge in [-0.15, -0.1) is 0 Å². The lowest BCUT2D eigenvalue weighted by Crippen LogP contribution is -2.23. The molecular weight excluding hydrogens is 306 g/mol. The fraction of sp³-hybridized carbons (Fsp3) is 0.353. The molecule has 1 aromatic heterocycles. The van der Waals surface area contributed by atoms with Crippen molar-refractivity contribution in [2.45, 2.75) is 19.3 Å². The van der Waals surface area contributed by atoms with Gasteiger partial charge in [-0.3, -0.25) is 0 Å². The van der Waals surface area contributed by atoms with Crippen molar-refractivity contribution in [3.63, 3.8) is 0 Å². The SMILES string of the molecule is COC(=O)c1ccc(CCCN2CCc3nc(N)nc(N)c32)cc1. The molecule has 0 spiro atoms. The van der Waals surface area contributed by atoms with Gasteiger partial charge in [-0.05, 0) is 30.5 Å². The van der Waals surface area contributed by atoms with Crippen LogP contribution in [0.2, 0.25) is 0 Å². The summed E-state index contributed by atoms with van der Waals surface area (Å²) in [5.41, 5.74) is 15.2. The number of nitrogens with zero attached hydrogens (tertiary/aromatic N) is 3. The predicted molar refractivity (Wildman–Crippen MR) is 92.9 cm³/mol. The van der Waals surface area contributed by atoms with Gasteiger partial charge in [-0.1, -0.05) is 12.1 Å². The highest BCUT2D eigenvalue weighted by molar-refractivity contribution is 5.89. The molecule has 1 aliphatic heterocycles. The van der Waals surface area contributed by atoms with Crippen molar-refractivity contribution in [2.75, 3.05) is 36.6 Å². The summed E-state index contributed by atoms with van der Waals surface area (Å²) in [6.45, 7) is 1.77. The van der Waals surface area contributed by atoms with Gasteiger partial charge >= 0.3 is 5.97 Å². The number of nitrogen functional groups attached to an aromatic ring is 2. The molecule has 2 aromatic rings. The summed E-state index contributed by atoms with van der Waals surface area (Å²) in [4.78, 5) is 22.0. The zero-order valence-electron chi connectivity index (χ0n) is 13.7. The number of methoxy groups -OCH3 is 1. The number of esters is 1. The first-order chi connectivity index (χ1) is 11.6. The molecule has 0 saturated carbocycles. The number of aromatic nitrogens is 2. The number of aryl methyl sites for hydroxylation is 1. The maximum Gasteiger partial charge on any atom is 0.337 e. The molecule has 1 aromatic carbocycles. The number of nitrogens with two attached hydrogens (primary N) is 2. The second-order valence-electron chi connectivity index (χ2n) is 5.79. The van der Waals surface area contributed by atoms with Crippen LogP contribution in [0.3, 0.4) is 0 Å². The number of carbonyl (C=O) groups is 1.